The third kappa shape index (κ3) is 3.88. The smallest absolute Gasteiger partial charge is 0.259 e. The number of allylic oxidation sites excluding steroid dienone is 2. The molecule has 4 aliphatic rings. The van der Waals surface area contributed by atoms with Crippen LogP contribution in [0.5, 0.6) is 0 Å². The first-order valence-corrected chi connectivity index (χ1v) is 11.9. The van der Waals surface area contributed by atoms with E-state index in [1.165, 1.54) is 6.07 Å². The maximum Gasteiger partial charge on any atom is 0.259 e. The third-order valence-corrected chi connectivity index (χ3v) is 7.28. The van der Waals surface area contributed by atoms with Crippen LogP contribution >= 0.6 is 0 Å². The van der Waals surface area contributed by atoms with Gasteiger partial charge in [-0.1, -0.05) is 0 Å². The van der Waals surface area contributed by atoms with Crippen LogP contribution in [0.3, 0.4) is 0 Å². The molecule has 0 radical (unpaired) electrons. The van der Waals surface area contributed by atoms with Crippen molar-refractivity contribution in [3.63, 3.8) is 0 Å². The van der Waals surface area contributed by atoms with Crippen molar-refractivity contribution in [2.45, 2.75) is 25.0 Å². The lowest BCUT2D eigenvalue weighted by Crippen LogP contribution is -2.53. The maximum absolute atomic E-state index is 14.8. The van der Waals surface area contributed by atoms with Crippen molar-refractivity contribution in [3.05, 3.63) is 69.6 Å². The molecule has 4 aliphatic heterocycles. The Morgan fingerprint density at radius 3 is 2.91 bits per heavy atom. The van der Waals surface area contributed by atoms with Gasteiger partial charge in [-0.2, -0.15) is 0 Å². The summed E-state index contributed by atoms with van der Waals surface area (Å²) >= 11 is 0. The van der Waals surface area contributed by atoms with E-state index < -0.39 is 0 Å². The van der Waals surface area contributed by atoms with Gasteiger partial charge in [0.25, 0.3) is 11.5 Å². The summed E-state index contributed by atoms with van der Waals surface area (Å²) in [6.07, 6.45) is 4.67. The minimum Gasteiger partial charge on any atom is -0.484 e. The molecule has 1 amide bonds. The first-order valence-electron chi connectivity index (χ1n) is 11.9. The number of carbonyl (C=O) groups excluding carboxylic acids is 1. The number of hydrogen-bond donors (Lipinski definition) is 3. The fourth-order valence-electron chi connectivity index (χ4n) is 5.68. The molecule has 178 valence electrons. The summed E-state index contributed by atoms with van der Waals surface area (Å²) in [4.78, 5) is 26.3. The minimum atomic E-state index is -0.294. The van der Waals surface area contributed by atoms with Crippen LogP contribution in [0.1, 0.15) is 17.9 Å². The number of nitrogens with zero attached hydrogens (tertiary/aromatic N) is 2. The molecule has 0 aliphatic carbocycles. The van der Waals surface area contributed by atoms with E-state index in [-0.39, 0.29) is 36.0 Å². The Hall–Kier alpha value is -3.17. The second-order valence-electron chi connectivity index (χ2n) is 9.62. The summed E-state index contributed by atoms with van der Waals surface area (Å²) in [6.45, 7) is 4.86. The number of hydrogen-bond acceptors (Lipinski definition) is 6. The van der Waals surface area contributed by atoms with E-state index in [1.54, 1.807) is 22.8 Å². The molecule has 0 spiro atoms. The van der Waals surface area contributed by atoms with Gasteiger partial charge in [0, 0.05) is 49.4 Å². The van der Waals surface area contributed by atoms with Crippen molar-refractivity contribution in [1.29, 1.82) is 0 Å². The van der Waals surface area contributed by atoms with Gasteiger partial charge < -0.3 is 30.2 Å². The largest absolute Gasteiger partial charge is 0.484 e. The lowest BCUT2D eigenvalue weighted by Gasteiger charge is -2.31. The van der Waals surface area contributed by atoms with Gasteiger partial charge in [0.2, 0.25) is 0 Å². The molecule has 9 heteroatoms. The highest BCUT2D eigenvalue weighted by molar-refractivity contribution is 5.84. The predicted molar refractivity (Wildman–Crippen MR) is 126 cm³/mol. The summed E-state index contributed by atoms with van der Waals surface area (Å²) < 4.78 is 21.9. The molecule has 2 saturated heterocycles. The standard InChI is InChI=1S/C25H28FN5O3/c26-19-4-1-16-2-6-22(33)31-13-17(23(19)24(16)31)12-30-8-7-15(11-30)9-27-10-18-3-5-20-25(28-18)29-21(32)14-34-20/h1-6,15,17,25,27-28H,7-14H2,(H,29,32). The van der Waals surface area contributed by atoms with Crippen LogP contribution < -0.4 is 21.5 Å². The number of ether oxygens (including phenoxy) is 1. The molecule has 2 aromatic rings. The van der Waals surface area contributed by atoms with E-state index in [2.05, 4.69) is 20.9 Å². The average molecular weight is 466 g/mol. The molecular formula is C25H28FN5O3. The Morgan fingerprint density at radius 2 is 2.00 bits per heavy atom. The van der Waals surface area contributed by atoms with E-state index in [1.807, 2.05) is 12.2 Å². The fourth-order valence-corrected chi connectivity index (χ4v) is 5.68. The van der Waals surface area contributed by atoms with Crippen LogP contribution in [0.15, 0.2) is 52.7 Å². The normalized spacial score (nSPS) is 25.9. The predicted octanol–water partition coefficient (Wildman–Crippen LogP) is 0.993. The first-order chi connectivity index (χ1) is 16.5. The SMILES string of the molecule is O=C1COC2=CC=C(CNCC3CCN(CC4Cn5c(=O)ccc6ccc(F)c4c65)C3)NC2N1. The molecule has 34 heavy (non-hydrogen) atoms. The molecule has 3 N–H and O–H groups in total. The molecule has 5 heterocycles. The number of halogens is 1. The fraction of sp³-hybridized carbons (Fsp3) is 0.440. The second kappa shape index (κ2) is 8.56. The van der Waals surface area contributed by atoms with Gasteiger partial charge in [-0.25, -0.2) is 4.39 Å². The lowest BCUT2D eigenvalue weighted by atomic mass is 9.98. The van der Waals surface area contributed by atoms with Crippen LogP contribution in [0, 0.1) is 11.7 Å². The van der Waals surface area contributed by atoms with Crippen molar-refractivity contribution in [3.8, 4) is 0 Å². The number of pyridine rings is 1. The van der Waals surface area contributed by atoms with Crippen LogP contribution in [0.25, 0.3) is 10.9 Å². The number of rotatable bonds is 6. The number of fused-ring (bicyclic) bond motifs is 1. The molecule has 3 unspecified atom stereocenters. The van der Waals surface area contributed by atoms with Gasteiger partial charge in [0.15, 0.2) is 12.8 Å². The van der Waals surface area contributed by atoms with Gasteiger partial charge in [-0.3, -0.25) is 9.59 Å². The Kier molecular flexibility index (Phi) is 5.38. The Bertz CT molecular complexity index is 1270. The molecule has 2 fully saturated rings. The quantitative estimate of drug-likeness (QED) is 0.590. The van der Waals surface area contributed by atoms with Crippen molar-refractivity contribution < 1.29 is 13.9 Å². The summed E-state index contributed by atoms with van der Waals surface area (Å²) in [5.41, 5.74) is 2.41. The van der Waals surface area contributed by atoms with Crippen molar-refractivity contribution in [2.24, 2.45) is 5.92 Å². The Labute approximate surface area is 196 Å². The number of carbonyl (C=O) groups is 1. The summed E-state index contributed by atoms with van der Waals surface area (Å²) in [6, 6.07) is 6.65. The van der Waals surface area contributed by atoms with Crippen LogP contribution in [0.2, 0.25) is 0 Å². The minimum absolute atomic E-state index is 0.00370. The molecular weight excluding hydrogens is 437 g/mol. The van der Waals surface area contributed by atoms with Crippen LogP contribution in [-0.2, 0) is 16.1 Å². The highest BCUT2D eigenvalue weighted by Gasteiger charge is 2.32. The summed E-state index contributed by atoms with van der Waals surface area (Å²) in [5.74, 6) is 0.910. The number of benzene rings is 1. The zero-order chi connectivity index (χ0) is 23.2. The zero-order valence-corrected chi connectivity index (χ0v) is 18.9. The molecule has 8 nitrogen and oxygen atoms in total. The molecule has 0 saturated carbocycles. The number of amides is 1. The highest BCUT2D eigenvalue weighted by Crippen LogP contribution is 2.36. The Balaban J connectivity index is 1.03. The van der Waals surface area contributed by atoms with E-state index in [0.29, 0.717) is 24.6 Å². The van der Waals surface area contributed by atoms with Crippen LogP contribution in [0.4, 0.5) is 4.39 Å². The van der Waals surface area contributed by atoms with E-state index in [0.717, 1.165) is 55.0 Å². The van der Waals surface area contributed by atoms with Gasteiger partial charge in [0.1, 0.15) is 11.6 Å². The molecule has 3 atom stereocenters. The maximum atomic E-state index is 14.8. The van der Waals surface area contributed by atoms with Gasteiger partial charge in [0.05, 0.1) is 5.52 Å². The Morgan fingerprint density at radius 1 is 1.12 bits per heavy atom. The topological polar surface area (TPSA) is 87.6 Å². The molecule has 0 bridgehead atoms. The zero-order valence-electron chi connectivity index (χ0n) is 18.9. The van der Waals surface area contributed by atoms with E-state index >= 15 is 0 Å². The van der Waals surface area contributed by atoms with Crippen molar-refractivity contribution in [2.75, 3.05) is 39.3 Å². The number of dihydropyridines is 1. The van der Waals surface area contributed by atoms with Gasteiger partial charge in [-0.15, -0.1) is 0 Å². The first kappa shape index (κ1) is 21.4. The lowest BCUT2D eigenvalue weighted by molar-refractivity contribution is -0.128. The number of nitrogens with one attached hydrogen (secondary N) is 3. The molecule has 1 aromatic carbocycles. The number of morpholine rings is 1. The van der Waals surface area contributed by atoms with E-state index in [9.17, 15) is 14.0 Å². The van der Waals surface area contributed by atoms with Crippen molar-refractivity contribution in [1.82, 2.24) is 25.4 Å². The number of likely N-dealkylation sites (tertiary alicyclic amines) is 1. The van der Waals surface area contributed by atoms with E-state index in [4.69, 9.17) is 4.74 Å². The average Bonchev–Trinajstić information content (AvgIpc) is 3.44. The second-order valence-corrected chi connectivity index (χ2v) is 9.62. The highest BCUT2D eigenvalue weighted by atomic mass is 19.1. The third-order valence-electron chi connectivity index (χ3n) is 7.28. The van der Waals surface area contributed by atoms with Gasteiger partial charge >= 0.3 is 0 Å². The summed E-state index contributed by atoms with van der Waals surface area (Å²) in [5, 5.41) is 10.6. The number of aromatic nitrogens is 1. The monoisotopic (exact) mass is 465 g/mol. The van der Waals surface area contributed by atoms with Crippen molar-refractivity contribution >= 4 is 16.8 Å². The van der Waals surface area contributed by atoms with Gasteiger partial charge in [-0.05, 0) is 61.2 Å². The molecule has 6 rings (SSSR count). The van der Waals surface area contributed by atoms with Crippen LogP contribution in [-0.4, -0.2) is 60.9 Å². The summed E-state index contributed by atoms with van der Waals surface area (Å²) in [7, 11) is 0. The molecule has 1 aromatic heterocycles.